The number of carbonyl (C=O) groups excluding carboxylic acids is 1. The van der Waals surface area contributed by atoms with Crippen LogP contribution in [0.4, 0.5) is 17.2 Å². The highest BCUT2D eigenvalue weighted by Crippen LogP contribution is 2.23. The smallest absolute Gasteiger partial charge is 0.251 e. The van der Waals surface area contributed by atoms with E-state index in [-0.39, 0.29) is 5.91 Å². The molecule has 0 bridgehead atoms. The fraction of sp³-hybridized carbons (Fsp3) is 0.400. The number of anilines is 3. The zero-order chi connectivity index (χ0) is 18.4. The van der Waals surface area contributed by atoms with Gasteiger partial charge in [-0.3, -0.25) is 4.79 Å². The Kier molecular flexibility index (Phi) is 6.07. The lowest BCUT2D eigenvalue weighted by atomic mass is 10.2. The molecule has 0 spiro atoms. The van der Waals surface area contributed by atoms with E-state index in [4.69, 9.17) is 0 Å². The number of nitrogens with zero attached hydrogens (tertiary/aromatic N) is 3. The summed E-state index contributed by atoms with van der Waals surface area (Å²) in [5, 5.41) is 6.19. The highest BCUT2D eigenvalue weighted by molar-refractivity contribution is 5.94. The molecule has 1 aliphatic heterocycles. The lowest BCUT2D eigenvalue weighted by molar-refractivity contribution is 0.0951. The Bertz CT molecular complexity index is 723. The Hall–Kier alpha value is -2.60. The second-order valence-electron chi connectivity index (χ2n) is 6.85. The predicted octanol–water partition coefficient (Wildman–Crippen LogP) is 2.72. The lowest BCUT2D eigenvalue weighted by Crippen LogP contribution is -2.31. The Balaban J connectivity index is 1.60. The number of carbonyl (C=O) groups is 1. The summed E-state index contributed by atoms with van der Waals surface area (Å²) in [6.45, 7) is 3.71. The average molecular weight is 353 g/mol. The van der Waals surface area contributed by atoms with Gasteiger partial charge in [0, 0.05) is 49.3 Å². The van der Waals surface area contributed by atoms with Gasteiger partial charge < -0.3 is 20.4 Å². The van der Waals surface area contributed by atoms with Crippen LogP contribution < -0.4 is 15.5 Å². The van der Waals surface area contributed by atoms with Crippen molar-refractivity contribution in [3.8, 4) is 0 Å². The molecule has 2 heterocycles. The molecule has 0 saturated carbocycles. The fourth-order valence-electron chi connectivity index (χ4n) is 3.01. The zero-order valence-electron chi connectivity index (χ0n) is 15.5. The van der Waals surface area contributed by atoms with Gasteiger partial charge >= 0.3 is 0 Å². The number of hydrogen-bond acceptors (Lipinski definition) is 5. The van der Waals surface area contributed by atoms with E-state index in [0.29, 0.717) is 17.9 Å². The first-order valence-electron chi connectivity index (χ1n) is 9.13. The first-order valence-corrected chi connectivity index (χ1v) is 9.13. The predicted molar refractivity (Wildman–Crippen MR) is 106 cm³/mol. The molecule has 6 heteroatoms. The van der Waals surface area contributed by atoms with Crippen molar-refractivity contribution in [3.63, 3.8) is 0 Å². The van der Waals surface area contributed by atoms with E-state index in [1.165, 1.54) is 18.5 Å². The lowest BCUT2D eigenvalue weighted by Gasteiger charge is -2.18. The Morgan fingerprint density at radius 1 is 1.15 bits per heavy atom. The normalized spacial score (nSPS) is 13.9. The molecule has 138 valence electrons. The molecule has 26 heavy (non-hydrogen) atoms. The van der Waals surface area contributed by atoms with Crippen molar-refractivity contribution in [1.29, 1.82) is 0 Å². The minimum absolute atomic E-state index is 0.0818. The standard InChI is InChI=1S/C20H27N5O/c1-24(2)14-11-22-20(26)16-9-10-21-19(15-16)23-17-5-7-18(8-6-17)25-12-3-4-13-25/h5-10,15H,3-4,11-14H2,1-2H3,(H,21,23)(H,22,26). The van der Waals surface area contributed by atoms with Crippen molar-refractivity contribution >= 4 is 23.1 Å². The second kappa shape index (κ2) is 8.67. The van der Waals surface area contributed by atoms with E-state index in [2.05, 4.69) is 44.8 Å². The van der Waals surface area contributed by atoms with E-state index < -0.39 is 0 Å². The minimum Gasteiger partial charge on any atom is -0.372 e. The SMILES string of the molecule is CN(C)CCNC(=O)c1ccnc(Nc2ccc(N3CCCC3)cc2)c1. The molecule has 2 N–H and O–H groups in total. The fourth-order valence-corrected chi connectivity index (χ4v) is 3.01. The molecule has 1 saturated heterocycles. The number of hydrogen-bond donors (Lipinski definition) is 2. The summed E-state index contributed by atoms with van der Waals surface area (Å²) in [4.78, 5) is 21.0. The maximum atomic E-state index is 12.2. The molecule has 1 amide bonds. The highest BCUT2D eigenvalue weighted by atomic mass is 16.1. The third-order valence-corrected chi connectivity index (χ3v) is 4.48. The summed E-state index contributed by atoms with van der Waals surface area (Å²) in [5.41, 5.74) is 2.83. The van der Waals surface area contributed by atoms with Crippen molar-refractivity contribution in [2.24, 2.45) is 0 Å². The van der Waals surface area contributed by atoms with E-state index in [0.717, 1.165) is 25.3 Å². The van der Waals surface area contributed by atoms with Gasteiger partial charge in [0.1, 0.15) is 5.82 Å². The van der Waals surface area contributed by atoms with Crippen LogP contribution in [0.15, 0.2) is 42.6 Å². The van der Waals surface area contributed by atoms with E-state index >= 15 is 0 Å². The van der Waals surface area contributed by atoms with Gasteiger partial charge in [-0.05, 0) is 63.3 Å². The van der Waals surface area contributed by atoms with Crippen LogP contribution in [-0.2, 0) is 0 Å². The van der Waals surface area contributed by atoms with Crippen LogP contribution in [-0.4, -0.2) is 56.1 Å². The van der Waals surface area contributed by atoms with Crippen LogP contribution >= 0.6 is 0 Å². The van der Waals surface area contributed by atoms with Crippen LogP contribution in [0.5, 0.6) is 0 Å². The molecule has 1 fully saturated rings. The van der Waals surface area contributed by atoms with E-state index in [1.54, 1.807) is 18.3 Å². The first kappa shape index (κ1) is 18.2. The Labute approximate surface area is 155 Å². The van der Waals surface area contributed by atoms with E-state index in [9.17, 15) is 4.79 Å². The molecule has 6 nitrogen and oxygen atoms in total. The second-order valence-corrected chi connectivity index (χ2v) is 6.85. The quantitative estimate of drug-likeness (QED) is 0.801. The molecule has 1 aromatic carbocycles. The molecule has 1 aliphatic rings. The van der Waals surface area contributed by atoms with E-state index in [1.807, 2.05) is 19.0 Å². The summed E-state index contributed by atoms with van der Waals surface area (Å²) >= 11 is 0. The van der Waals surface area contributed by atoms with Crippen molar-refractivity contribution < 1.29 is 4.79 Å². The summed E-state index contributed by atoms with van der Waals surface area (Å²) in [6.07, 6.45) is 4.20. The minimum atomic E-state index is -0.0818. The van der Waals surface area contributed by atoms with Gasteiger partial charge in [0.15, 0.2) is 0 Å². The van der Waals surface area contributed by atoms with Gasteiger partial charge in [0.05, 0.1) is 0 Å². The maximum absolute atomic E-state index is 12.2. The van der Waals surface area contributed by atoms with Crippen molar-refractivity contribution in [2.75, 3.05) is 50.5 Å². The third-order valence-electron chi connectivity index (χ3n) is 4.48. The number of benzene rings is 1. The number of nitrogens with one attached hydrogen (secondary N) is 2. The molecular weight excluding hydrogens is 326 g/mol. The molecule has 1 aromatic heterocycles. The monoisotopic (exact) mass is 353 g/mol. The molecule has 2 aromatic rings. The number of aromatic nitrogens is 1. The summed E-state index contributed by atoms with van der Waals surface area (Å²) in [6, 6.07) is 11.9. The van der Waals surface area contributed by atoms with Gasteiger partial charge in [-0.15, -0.1) is 0 Å². The summed E-state index contributed by atoms with van der Waals surface area (Å²) < 4.78 is 0. The average Bonchev–Trinajstić information content (AvgIpc) is 3.17. The number of rotatable bonds is 7. The van der Waals surface area contributed by atoms with Gasteiger partial charge in [-0.2, -0.15) is 0 Å². The molecule has 0 unspecified atom stereocenters. The molecule has 3 rings (SSSR count). The van der Waals surface area contributed by atoms with Crippen LogP contribution in [0.25, 0.3) is 0 Å². The number of likely N-dealkylation sites (N-methyl/N-ethyl adjacent to an activating group) is 1. The Morgan fingerprint density at radius 3 is 2.58 bits per heavy atom. The van der Waals surface area contributed by atoms with Crippen molar-refractivity contribution in [3.05, 3.63) is 48.2 Å². The van der Waals surface area contributed by atoms with Crippen molar-refractivity contribution in [1.82, 2.24) is 15.2 Å². The highest BCUT2D eigenvalue weighted by Gasteiger charge is 2.12. The van der Waals surface area contributed by atoms with Gasteiger partial charge in [0.2, 0.25) is 0 Å². The molecule has 0 radical (unpaired) electrons. The maximum Gasteiger partial charge on any atom is 0.251 e. The molecule has 0 aliphatic carbocycles. The van der Waals surface area contributed by atoms with Gasteiger partial charge in [-0.25, -0.2) is 4.98 Å². The van der Waals surface area contributed by atoms with Crippen LogP contribution in [0, 0.1) is 0 Å². The van der Waals surface area contributed by atoms with Crippen molar-refractivity contribution in [2.45, 2.75) is 12.8 Å². The molecule has 0 atom stereocenters. The largest absolute Gasteiger partial charge is 0.372 e. The van der Waals surface area contributed by atoms with Crippen LogP contribution in [0.3, 0.4) is 0 Å². The van der Waals surface area contributed by atoms with Gasteiger partial charge in [0.25, 0.3) is 5.91 Å². The molecular formula is C20H27N5O. The number of amides is 1. The number of pyridine rings is 1. The van der Waals surface area contributed by atoms with Crippen LogP contribution in [0.1, 0.15) is 23.2 Å². The zero-order valence-corrected chi connectivity index (χ0v) is 15.5. The van der Waals surface area contributed by atoms with Crippen LogP contribution in [0.2, 0.25) is 0 Å². The Morgan fingerprint density at radius 2 is 1.88 bits per heavy atom. The first-order chi connectivity index (χ1) is 12.6. The third kappa shape index (κ3) is 4.95. The summed E-state index contributed by atoms with van der Waals surface area (Å²) in [5.74, 6) is 0.584. The topological polar surface area (TPSA) is 60.5 Å². The van der Waals surface area contributed by atoms with Gasteiger partial charge in [-0.1, -0.05) is 0 Å². The summed E-state index contributed by atoms with van der Waals surface area (Å²) in [7, 11) is 3.96.